The van der Waals surface area contributed by atoms with Crippen LogP contribution in [0, 0.1) is 6.92 Å². The number of rotatable bonds is 10. The summed E-state index contributed by atoms with van der Waals surface area (Å²) in [5, 5.41) is 8.75. The van der Waals surface area contributed by atoms with Crippen LogP contribution in [-0.4, -0.2) is 30.0 Å². The number of hydrogen-bond donors (Lipinski definition) is 1. The predicted molar refractivity (Wildman–Crippen MR) is 126 cm³/mol. The van der Waals surface area contributed by atoms with Gasteiger partial charge in [0.15, 0.2) is 6.61 Å². The molecule has 160 valence electrons. The Hall–Kier alpha value is -3.18. The second-order valence-electron chi connectivity index (χ2n) is 6.86. The molecule has 0 atom stereocenters. The van der Waals surface area contributed by atoms with Crippen LogP contribution in [0.3, 0.4) is 0 Å². The van der Waals surface area contributed by atoms with Gasteiger partial charge in [0, 0.05) is 10.6 Å². The Morgan fingerprint density at radius 3 is 2.26 bits per heavy atom. The van der Waals surface area contributed by atoms with E-state index in [9.17, 15) is 4.79 Å². The van der Waals surface area contributed by atoms with E-state index in [4.69, 9.17) is 14.6 Å². The number of ether oxygens (including phenoxy) is 2. The van der Waals surface area contributed by atoms with Gasteiger partial charge in [0.05, 0.1) is 6.61 Å². The fourth-order valence-corrected chi connectivity index (χ4v) is 4.03. The van der Waals surface area contributed by atoms with E-state index in [1.807, 2.05) is 62.4 Å². The van der Waals surface area contributed by atoms with Crippen molar-refractivity contribution in [3.63, 3.8) is 0 Å². The van der Waals surface area contributed by atoms with Crippen molar-refractivity contribution in [1.82, 2.24) is 0 Å². The number of aryl methyl sites for hydroxylation is 1. The number of carbonyl (C=O) groups is 1. The maximum absolute atomic E-state index is 10.7. The van der Waals surface area contributed by atoms with Gasteiger partial charge in [0.1, 0.15) is 11.5 Å². The lowest BCUT2D eigenvalue weighted by atomic mass is 9.98. The average Bonchev–Trinajstić information content (AvgIpc) is 2.78. The van der Waals surface area contributed by atoms with Gasteiger partial charge in [-0.15, -0.1) is 11.8 Å². The van der Waals surface area contributed by atoms with E-state index in [0.717, 1.165) is 27.5 Å². The van der Waals surface area contributed by atoms with Gasteiger partial charge < -0.3 is 14.6 Å². The topological polar surface area (TPSA) is 55.8 Å². The standard InChI is InChI=1S/C26H26O4S/c1-3-29-22-11-9-21(10-12-22)24(20-7-5-4-6-8-20)15-16-31-25-14-13-23(17-19(25)2)30-18-26(27)28/h4-15,17H,3,16,18H2,1-2H3,(H,27,28)/b24-15-. The van der Waals surface area contributed by atoms with Crippen molar-refractivity contribution in [1.29, 1.82) is 0 Å². The first-order valence-electron chi connectivity index (χ1n) is 10.1. The van der Waals surface area contributed by atoms with Crippen LogP contribution in [0.4, 0.5) is 0 Å². The van der Waals surface area contributed by atoms with Gasteiger partial charge in [0.25, 0.3) is 0 Å². The van der Waals surface area contributed by atoms with Gasteiger partial charge >= 0.3 is 5.97 Å². The predicted octanol–water partition coefficient (Wildman–Crippen LogP) is 6.08. The van der Waals surface area contributed by atoms with Crippen molar-refractivity contribution < 1.29 is 19.4 Å². The van der Waals surface area contributed by atoms with E-state index < -0.39 is 5.97 Å². The third-order valence-electron chi connectivity index (χ3n) is 4.60. The molecule has 5 heteroatoms. The van der Waals surface area contributed by atoms with Crippen LogP contribution < -0.4 is 9.47 Å². The summed E-state index contributed by atoms with van der Waals surface area (Å²) in [5.74, 6) is 1.25. The summed E-state index contributed by atoms with van der Waals surface area (Å²) >= 11 is 1.74. The van der Waals surface area contributed by atoms with E-state index in [1.165, 1.54) is 11.1 Å². The van der Waals surface area contributed by atoms with E-state index in [0.29, 0.717) is 12.4 Å². The molecule has 0 unspecified atom stereocenters. The third kappa shape index (κ3) is 6.66. The normalized spacial score (nSPS) is 11.2. The molecule has 0 aliphatic rings. The first kappa shape index (κ1) is 22.5. The minimum Gasteiger partial charge on any atom is -0.494 e. The fraction of sp³-hybridized carbons (Fsp3) is 0.192. The molecule has 0 bridgehead atoms. The van der Waals surface area contributed by atoms with Gasteiger partial charge in [-0.2, -0.15) is 0 Å². The molecule has 4 nitrogen and oxygen atoms in total. The number of carboxylic acids is 1. The summed E-state index contributed by atoms with van der Waals surface area (Å²) in [6.07, 6.45) is 2.24. The van der Waals surface area contributed by atoms with Gasteiger partial charge in [-0.05, 0) is 66.4 Å². The molecule has 0 saturated carbocycles. The van der Waals surface area contributed by atoms with Crippen LogP contribution in [0.1, 0.15) is 23.6 Å². The van der Waals surface area contributed by atoms with Crippen LogP contribution in [-0.2, 0) is 4.79 Å². The fourth-order valence-electron chi connectivity index (χ4n) is 3.15. The molecule has 0 saturated heterocycles. The Labute approximate surface area is 187 Å². The quantitative estimate of drug-likeness (QED) is 0.392. The molecule has 3 rings (SSSR count). The molecular formula is C26H26O4S. The van der Waals surface area contributed by atoms with E-state index in [1.54, 1.807) is 11.8 Å². The van der Waals surface area contributed by atoms with Crippen LogP contribution >= 0.6 is 11.8 Å². The average molecular weight is 435 g/mol. The molecule has 0 aliphatic carbocycles. The minimum absolute atomic E-state index is 0.336. The minimum atomic E-state index is -0.982. The van der Waals surface area contributed by atoms with Gasteiger partial charge in [-0.3, -0.25) is 0 Å². The molecule has 3 aromatic carbocycles. The van der Waals surface area contributed by atoms with E-state index in [-0.39, 0.29) is 6.61 Å². The zero-order chi connectivity index (χ0) is 22.1. The van der Waals surface area contributed by atoms with Gasteiger partial charge in [-0.1, -0.05) is 48.5 Å². The molecular weight excluding hydrogens is 408 g/mol. The highest BCUT2D eigenvalue weighted by atomic mass is 32.2. The SMILES string of the molecule is CCOc1ccc(/C(=C\CSc2ccc(OCC(=O)O)cc2C)c2ccccc2)cc1. The second kappa shape index (κ2) is 11.3. The Kier molecular flexibility index (Phi) is 8.19. The molecule has 0 spiro atoms. The summed E-state index contributed by atoms with van der Waals surface area (Å²) in [5.41, 5.74) is 4.55. The lowest BCUT2D eigenvalue weighted by molar-refractivity contribution is -0.139. The number of benzene rings is 3. The number of thioether (sulfide) groups is 1. The van der Waals surface area contributed by atoms with Crippen LogP contribution in [0.15, 0.2) is 83.8 Å². The van der Waals surface area contributed by atoms with Crippen LogP contribution in [0.5, 0.6) is 11.5 Å². The zero-order valence-corrected chi connectivity index (χ0v) is 18.5. The number of hydrogen-bond acceptors (Lipinski definition) is 4. The van der Waals surface area contributed by atoms with Crippen molar-refractivity contribution in [2.45, 2.75) is 18.7 Å². The summed E-state index contributed by atoms with van der Waals surface area (Å²) in [7, 11) is 0. The first-order chi connectivity index (χ1) is 15.1. The monoisotopic (exact) mass is 434 g/mol. The molecule has 0 radical (unpaired) electrons. The third-order valence-corrected chi connectivity index (χ3v) is 5.70. The highest BCUT2D eigenvalue weighted by molar-refractivity contribution is 7.99. The van der Waals surface area contributed by atoms with Crippen molar-refractivity contribution >= 4 is 23.3 Å². The molecule has 0 aliphatic heterocycles. The molecule has 0 heterocycles. The largest absolute Gasteiger partial charge is 0.494 e. The highest BCUT2D eigenvalue weighted by Gasteiger charge is 2.07. The Balaban J connectivity index is 1.76. The zero-order valence-electron chi connectivity index (χ0n) is 17.7. The summed E-state index contributed by atoms with van der Waals surface area (Å²) in [4.78, 5) is 11.8. The number of aliphatic carboxylic acids is 1. The van der Waals surface area contributed by atoms with Crippen molar-refractivity contribution in [3.8, 4) is 11.5 Å². The van der Waals surface area contributed by atoms with Crippen LogP contribution in [0.2, 0.25) is 0 Å². The first-order valence-corrected chi connectivity index (χ1v) is 11.1. The molecule has 0 fully saturated rings. The molecule has 0 amide bonds. The Morgan fingerprint density at radius 2 is 1.61 bits per heavy atom. The van der Waals surface area contributed by atoms with Crippen LogP contribution in [0.25, 0.3) is 5.57 Å². The summed E-state index contributed by atoms with van der Waals surface area (Å²) < 4.78 is 10.8. The van der Waals surface area contributed by atoms with E-state index >= 15 is 0 Å². The summed E-state index contributed by atoms with van der Waals surface area (Å²) in [6.45, 7) is 4.30. The van der Waals surface area contributed by atoms with Gasteiger partial charge in [-0.25, -0.2) is 4.79 Å². The maximum atomic E-state index is 10.7. The van der Waals surface area contributed by atoms with Crippen molar-refractivity contribution in [2.75, 3.05) is 19.0 Å². The van der Waals surface area contributed by atoms with Crippen molar-refractivity contribution in [2.24, 2.45) is 0 Å². The highest BCUT2D eigenvalue weighted by Crippen LogP contribution is 2.30. The Morgan fingerprint density at radius 1 is 0.935 bits per heavy atom. The van der Waals surface area contributed by atoms with Crippen molar-refractivity contribution in [3.05, 3.63) is 95.6 Å². The maximum Gasteiger partial charge on any atom is 0.341 e. The molecule has 1 N–H and O–H groups in total. The molecule has 3 aromatic rings. The summed E-state index contributed by atoms with van der Waals surface area (Å²) in [6, 6.07) is 24.2. The molecule has 0 aromatic heterocycles. The lowest BCUT2D eigenvalue weighted by Gasteiger charge is -2.11. The molecule has 31 heavy (non-hydrogen) atoms. The van der Waals surface area contributed by atoms with E-state index in [2.05, 4.69) is 30.3 Å². The van der Waals surface area contributed by atoms with Gasteiger partial charge in [0.2, 0.25) is 0 Å². The lowest BCUT2D eigenvalue weighted by Crippen LogP contribution is -2.09. The second-order valence-corrected chi connectivity index (χ2v) is 7.92. The smallest absolute Gasteiger partial charge is 0.341 e. The number of carboxylic acid groups (broad SMARTS) is 1. The Bertz CT molecular complexity index is 1030.